The Bertz CT molecular complexity index is 2390. The van der Waals surface area contributed by atoms with Crippen LogP contribution in [0, 0.1) is 6.92 Å². The molecule has 8 aromatic rings. The highest BCUT2D eigenvalue weighted by atomic mass is 15.0. The Hall–Kier alpha value is -6.27. The minimum atomic E-state index is 0.701. The van der Waals surface area contributed by atoms with Gasteiger partial charge in [0.1, 0.15) is 11.0 Å². The van der Waals surface area contributed by atoms with Crippen LogP contribution >= 0.6 is 0 Å². The van der Waals surface area contributed by atoms with Crippen LogP contribution in [-0.4, -0.2) is 11.7 Å². The molecular formula is C40H33N6+. The first-order chi connectivity index (χ1) is 22.4. The Kier molecular flexibility index (Phi) is 7.02. The second kappa shape index (κ2) is 11.3. The summed E-state index contributed by atoms with van der Waals surface area (Å²) < 4.78 is 2.27. The molecule has 6 N–H and O–H groups in total. The lowest BCUT2D eigenvalue weighted by molar-refractivity contribution is -0.536. The molecule has 0 aliphatic carbocycles. The van der Waals surface area contributed by atoms with Gasteiger partial charge in [0.2, 0.25) is 16.7 Å². The molecule has 7 aromatic carbocycles. The minimum Gasteiger partial charge on any atom is -0.398 e. The maximum Gasteiger partial charge on any atom is 0.240 e. The zero-order valence-corrected chi connectivity index (χ0v) is 25.5. The van der Waals surface area contributed by atoms with Crippen molar-refractivity contribution in [2.75, 3.05) is 17.2 Å². The number of fused-ring (bicyclic) bond motifs is 7. The van der Waals surface area contributed by atoms with Gasteiger partial charge in [-0.2, -0.15) is 0 Å². The van der Waals surface area contributed by atoms with Crippen molar-refractivity contribution >= 4 is 89.9 Å². The lowest BCUT2D eigenvalue weighted by Crippen LogP contribution is -2.34. The molecule has 1 aromatic heterocycles. The number of aromatic nitrogens is 2. The van der Waals surface area contributed by atoms with Crippen LogP contribution in [0.25, 0.3) is 66.1 Å². The lowest BCUT2D eigenvalue weighted by Gasteiger charge is -2.12. The maximum absolute atomic E-state index is 6.58. The molecule has 6 nitrogen and oxygen atoms in total. The molecule has 0 aliphatic heterocycles. The zero-order chi connectivity index (χ0) is 31.9. The molecule has 0 aliphatic rings. The number of hydrogen-bond donors (Lipinski definition) is 3. The Balaban J connectivity index is 0.000000240. The van der Waals surface area contributed by atoms with Crippen molar-refractivity contribution in [1.82, 2.24) is 4.98 Å². The molecule has 0 unspecified atom stereocenters. The van der Waals surface area contributed by atoms with E-state index in [0.717, 1.165) is 82.9 Å². The molecule has 0 saturated carbocycles. The first-order valence-electron chi connectivity index (χ1n) is 15.0. The van der Waals surface area contributed by atoms with Crippen molar-refractivity contribution in [2.45, 2.75) is 6.92 Å². The van der Waals surface area contributed by atoms with Crippen molar-refractivity contribution in [3.8, 4) is 5.69 Å². The van der Waals surface area contributed by atoms with E-state index < -0.39 is 0 Å². The number of nitrogens with two attached hydrogens (primary N) is 3. The Morgan fingerprint density at radius 1 is 0.630 bits per heavy atom. The monoisotopic (exact) mass is 597 g/mol. The van der Waals surface area contributed by atoms with Gasteiger partial charge in [-0.25, -0.2) is 4.98 Å². The second-order valence-corrected chi connectivity index (χ2v) is 11.3. The van der Waals surface area contributed by atoms with E-state index in [0.29, 0.717) is 5.69 Å². The van der Waals surface area contributed by atoms with Crippen molar-refractivity contribution in [2.24, 2.45) is 4.99 Å². The number of aliphatic imine (C=N–C) groups is 1. The highest BCUT2D eigenvalue weighted by Crippen LogP contribution is 2.34. The van der Waals surface area contributed by atoms with E-state index in [1.54, 1.807) is 12.1 Å². The number of hydrogen-bond acceptors (Lipinski definition) is 5. The normalized spacial score (nSPS) is 11.2. The van der Waals surface area contributed by atoms with E-state index in [2.05, 4.69) is 89.6 Å². The summed E-state index contributed by atoms with van der Waals surface area (Å²) in [6.45, 7) is 9.09. The van der Waals surface area contributed by atoms with Crippen LogP contribution in [0.4, 0.5) is 22.7 Å². The third-order valence-corrected chi connectivity index (χ3v) is 8.56. The van der Waals surface area contributed by atoms with E-state index >= 15 is 0 Å². The average Bonchev–Trinajstić information content (AvgIpc) is 3.08. The molecule has 0 atom stereocenters. The van der Waals surface area contributed by atoms with Crippen molar-refractivity contribution in [3.05, 3.63) is 133 Å². The van der Waals surface area contributed by atoms with Crippen LogP contribution in [0.5, 0.6) is 0 Å². The molecule has 6 heteroatoms. The topological polar surface area (TPSA) is 107 Å². The van der Waals surface area contributed by atoms with E-state index in [1.807, 2.05) is 49.4 Å². The highest BCUT2D eigenvalue weighted by molar-refractivity contribution is 6.14. The molecule has 0 bridgehead atoms. The molecule has 8 rings (SSSR count). The fraction of sp³-hybridized carbons (Fsp3) is 0.0250. The van der Waals surface area contributed by atoms with Crippen LogP contribution in [-0.2, 0) is 0 Å². The number of rotatable bonds is 3. The van der Waals surface area contributed by atoms with Crippen molar-refractivity contribution in [3.63, 3.8) is 0 Å². The number of aryl methyl sites for hydroxylation is 1. The number of benzene rings is 7. The summed E-state index contributed by atoms with van der Waals surface area (Å²) in [4.78, 5) is 9.05. The van der Waals surface area contributed by atoms with Crippen molar-refractivity contribution in [1.29, 1.82) is 0 Å². The summed E-state index contributed by atoms with van der Waals surface area (Å²) in [5, 5.41) is 6.41. The van der Waals surface area contributed by atoms with E-state index in [4.69, 9.17) is 22.2 Å². The summed E-state index contributed by atoms with van der Waals surface area (Å²) in [5.41, 5.74) is 28.7. The standard InChI is InChI=1S/C30H20N4.C10H12N2/c31-24-16-27-29(22-13-5-3-11-20(22)24)33-30-23-14-6-4-12-21(23)25(32)17-28(30)34(27)26-15-7-9-18-8-1-2-10-19(18)26;1-4-9-7(2)5-8(12-3)6-10(9)11/h1-17H,(H3,31,32);4-6H,1,3,11H2,2H3/p+1. The molecule has 222 valence electrons. The molecule has 0 saturated heterocycles. The maximum atomic E-state index is 6.58. The largest absolute Gasteiger partial charge is 0.398 e. The van der Waals surface area contributed by atoms with Gasteiger partial charge in [-0.15, -0.1) is 4.57 Å². The van der Waals surface area contributed by atoms with Crippen LogP contribution in [0.3, 0.4) is 0 Å². The average molecular weight is 598 g/mol. The van der Waals surface area contributed by atoms with Gasteiger partial charge in [0.15, 0.2) is 0 Å². The molecule has 0 fully saturated rings. The van der Waals surface area contributed by atoms with Crippen LogP contribution in [0.15, 0.2) is 127 Å². The summed E-state index contributed by atoms with van der Waals surface area (Å²) in [6.07, 6.45) is 1.75. The molecule has 0 spiro atoms. The summed E-state index contributed by atoms with van der Waals surface area (Å²) in [5.74, 6) is 0. The van der Waals surface area contributed by atoms with Crippen LogP contribution in [0.2, 0.25) is 0 Å². The van der Waals surface area contributed by atoms with Gasteiger partial charge in [0.05, 0.1) is 11.1 Å². The number of nitrogen functional groups attached to an aromatic ring is 3. The van der Waals surface area contributed by atoms with Gasteiger partial charge in [0, 0.05) is 56.8 Å². The molecule has 0 radical (unpaired) electrons. The third-order valence-electron chi connectivity index (χ3n) is 8.56. The van der Waals surface area contributed by atoms with E-state index in [1.165, 1.54) is 5.39 Å². The molecule has 46 heavy (non-hydrogen) atoms. The Morgan fingerprint density at radius 2 is 1.15 bits per heavy atom. The fourth-order valence-electron chi connectivity index (χ4n) is 6.40. The smallest absolute Gasteiger partial charge is 0.240 e. The predicted molar refractivity (Wildman–Crippen MR) is 197 cm³/mol. The predicted octanol–water partition coefficient (Wildman–Crippen LogP) is 8.84. The number of nitrogens with zero attached hydrogens (tertiary/aromatic N) is 3. The summed E-state index contributed by atoms with van der Waals surface area (Å²) >= 11 is 0. The summed E-state index contributed by atoms with van der Waals surface area (Å²) in [7, 11) is 0. The van der Waals surface area contributed by atoms with Gasteiger partial charge in [-0.05, 0) is 48.4 Å². The number of anilines is 3. The lowest BCUT2D eigenvalue weighted by atomic mass is 10.0. The van der Waals surface area contributed by atoms with Gasteiger partial charge >= 0.3 is 0 Å². The first-order valence-corrected chi connectivity index (χ1v) is 15.0. The van der Waals surface area contributed by atoms with Gasteiger partial charge in [0.25, 0.3) is 0 Å². The van der Waals surface area contributed by atoms with Crippen molar-refractivity contribution < 1.29 is 4.57 Å². The summed E-state index contributed by atoms with van der Waals surface area (Å²) in [6, 6.07) is 39.0. The molecule has 0 amide bonds. The van der Waals surface area contributed by atoms with Gasteiger partial charge < -0.3 is 17.2 Å². The molecular weight excluding hydrogens is 564 g/mol. The van der Waals surface area contributed by atoms with Gasteiger partial charge in [-0.1, -0.05) is 91.5 Å². The van der Waals surface area contributed by atoms with E-state index in [-0.39, 0.29) is 0 Å². The Morgan fingerprint density at radius 3 is 1.70 bits per heavy atom. The third kappa shape index (κ3) is 4.64. The second-order valence-electron chi connectivity index (χ2n) is 11.3. The molecule has 1 heterocycles. The first kappa shape index (κ1) is 28.5. The van der Waals surface area contributed by atoms with Crippen LogP contribution < -0.4 is 21.8 Å². The zero-order valence-electron chi connectivity index (χ0n) is 25.5. The highest BCUT2D eigenvalue weighted by Gasteiger charge is 2.25. The van der Waals surface area contributed by atoms with Gasteiger partial charge in [-0.3, -0.25) is 4.99 Å². The Labute approximate surface area is 266 Å². The van der Waals surface area contributed by atoms with E-state index in [9.17, 15) is 0 Å². The fourth-order valence-corrected chi connectivity index (χ4v) is 6.40. The SMILES string of the molecule is C=Cc1c(C)cc(N=C)cc1N.Nc1cc2c(nc3c4ccccc4c(N)cc3[n+]2-c2cccc3ccccc23)c2ccccc12. The van der Waals surface area contributed by atoms with Crippen LogP contribution in [0.1, 0.15) is 11.1 Å². The minimum absolute atomic E-state index is 0.701. The quantitative estimate of drug-likeness (QED) is 0.0622.